The molecule has 4 rings (SSSR count). The van der Waals surface area contributed by atoms with Crippen molar-refractivity contribution in [3.8, 4) is 6.07 Å². The number of aromatic nitrogens is 3. The minimum absolute atomic E-state index is 0.455. The van der Waals surface area contributed by atoms with Gasteiger partial charge in [-0.05, 0) is 12.8 Å². The third kappa shape index (κ3) is 4.74. The molecule has 0 radical (unpaired) electrons. The van der Waals surface area contributed by atoms with E-state index in [9.17, 15) is 5.11 Å². The number of hydrogen-bond acceptors (Lipinski definition) is 10. The monoisotopic (exact) mass is 400 g/mol. The van der Waals surface area contributed by atoms with E-state index in [2.05, 4.69) is 41.5 Å². The number of hydrogen-bond donors (Lipinski definition) is 3. The van der Waals surface area contributed by atoms with Crippen molar-refractivity contribution < 1.29 is 5.11 Å². The van der Waals surface area contributed by atoms with Crippen LogP contribution in [0.2, 0.25) is 0 Å². The van der Waals surface area contributed by atoms with E-state index in [0.29, 0.717) is 28.4 Å². The summed E-state index contributed by atoms with van der Waals surface area (Å²) in [5.41, 5.74) is 0. The Bertz CT molecular complexity index is 825. The molecular weight excluding hydrogens is 376 g/mol. The van der Waals surface area contributed by atoms with Gasteiger partial charge in [0.05, 0.1) is 6.20 Å². The highest BCUT2D eigenvalue weighted by Crippen LogP contribution is 2.23. The minimum Gasteiger partial charge on any atom is -0.377 e. The lowest BCUT2D eigenvalue weighted by Gasteiger charge is -2.37. The Morgan fingerprint density at radius 3 is 2.75 bits per heavy atom. The third-order valence-electron chi connectivity index (χ3n) is 5.16. The molecule has 0 spiro atoms. The minimum atomic E-state index is -0.455. The van der Waals surface area contributed by atoms with Gasteiger partial charge in [-0.3, -0.25) is 10.2 Å². The molecular formula is C18H24N8OS. The highest BCUT2D eigenvalue weighted by atomic mass is 32.1. The molecule has 148 valence electrons. The molecule has 10 heteroatoms. The molecule has 1 atom stereocenters. The lowest BCUT2D eigenvalue weighted by Crippen LogP contribution is -2.53. The van der Waals surface area contributed by atoms with Crippen LogP contribution in [-0.2, 0) is 0 Å². The van der Waals surface area contributed by atoms with Gasteiger partial charge in [0.15, 0.2) is 5.13 Å². The lowest BCUT2D eigenvalue weighted by molar-refractivity contribution is 0.0611. The summed E-state index contributed by atoms with van der Waals surface area (Å²) in [7, 11) is 0. The average molecular weight is 401 g/mol. The van der Waals surface area contributed by atoms with Crippen LogP contribution in [-0.4, -0.2) is 70.0 Å². The first-order valence-electron chi connectivity index (χ1n) is 9.56. The van der Waals surface area contributed by atoms with E-state index < -0.39 is 6.23 Å². The smallest absolute Gasteiger partial charge is 0.189 e. The molecule has 1 unspecified atom stereocenters. The zero-order valence-corrected chi connectivity index (χ0v) is 16.4. The van der Waals surface area contributed by atoms with Gasteiger partial charge in [0.2, 0.25) is 0 Å². The molecule has 2 aromatic heterocycles. The van der Waals surface area contributed by atoms with Gasteiger partial charge < -0.3 is 15.3 Å². The molecule has 0 bridgehead atoms. The quantitative estimate of drug-likeness (QED) is 0.589. The van der Waals surface area contributed by atoms with E-state index in [4.69, 9.17) is 5.26 Å². The molecule has 28 heavy (non-hydrogen) atoms. The highest BCUT2D eigenvalue weighted by molar-refractivity contribution is 7.16. The van der Waals surface area contributed by atoms with Crippen molar-refractivity contribution in [2.45, 2.75) is 31.5 Å². The van der Waals surface area contributed by atoms with Crippen molar-refractivity contribution in [3.05, 3.63) is 23.5 Å². The molecule has 2 aromatic rings. The van der Waals surface area contributed by atoms with E-state index in [-0.39, 0.29) is 0 Å². The first-order valence-corrected chi connectivity index (χ1v) is 10.4. The van der Waals surface area contributed by atoms with Crippen LogP contribution in [0, 0.1) is 11.3 Å². The zero-order chi connectivity index (χ0) is 19.3. The number of rotatable bonds is 7. The van der Waals surface area contributed by atoms with E-state index >= 15 is 0 Å². The summed E-state index contributed by atoms with van der Waals surface area (Å²) in [6.45, 7) is 4.12. The second-order valence-corrected chi connectivity index (χ2v) is 8.16. The molecule has 0 aromatic carbocycles. The maximum Gasteiger partial charge on any atom is 0.189 e. The van der Waals surface area contributed by atoms with Gasteiger partial charge in [0.25, 0.3) is 0 Å². The molecule has 1 aliphatic heterocycles. The predicted molar refractivity (Wildman–Crippen MR) is 108 cm³/mol. The summed E-state index contributed by atoms with van der Waals surface area (Å²) in [4.78, 5) is 17.9. The number of nitrogens with one attached hydrogen (secondary N) is 2. The SMILES string of the molecule is N#Cc1cnc(Nc2cc(N3CCN(CC(O)NC4CCC4)CC3)ncn2)s1. The van der Waals surface area contributed by atoms with Crippen LogP contribution < -0.4 is 15.5 Å². The average Bonchev–Trinajstić information content (AvgIpc) is 3.13. The van der Waals surface area contributed by atoms with Gasteiger partial charge in [0, 0.05) is 44.8 Å². The number of nitriles is 1. The van der Waals surface area contributed by atoms with Crippen LogP contribution in [0.1, 0.15) is 24.1 Å². The molecule has 1 saturated carbocycles. The van der Waals surface area contributed by atoms with Gasteiger partial charge in [-0.15, -0.1) is 0 Å². The molecule has 3 heterocycles. The summed E-state index contributed by atoms with van der Waals surface area (Å²) < 4.78 is 0. The fourth-order valence-electron chi connectivity index (χ4n) is 3.39. The molecule has 1 saturated heterocycles. The maximum absolute atomic E-state index is 10.2. The third-order valence-corrected chi connectivity index (χ3v) is 5.98. The Kier molecular flexibility index (Phi) is 5.97. The summed E-state index contributed by atoms with van der Waals surface area (Å²) >= 11 is 1.29. The first-order chi connectivity index (χ1) is 13.7. The summed E-state index contributed by atoms with van der Waals surface area (Å²) in [6.07, 6.45) is 6.24. The van der Waals surface area contributed by atoms with Gasteiger partial charge in [0.1, 0.15) is 35.1 Å². The molecule has 2 fully saturated rings. The second kappa shape index (κ2) is 8.79. The van der Waals surface area contributed by atoms with Crippen molar-refractivity contribution >= 4 is 28.1 Å². The number of aliphatic hydroxyl groups excluding tert-OH is 1. The molecule has 0 amide bonds. The van der Waals surface area contributed by atoms with Gasteiger partial charge >= 0.3 is 0 Å². The number of piperazine rings is 1. The van der Waals surface area contributed by atoms with Crippen LogP contribution >= 0.6 is 11.3 Å². The van der Waals surface area contributed by atoms with Crippen LogP contribution in [0.3, 0.4) is 0 Å². The van der Waals surface area contributed by atoms with Gasteiger partial charge in [-0.2, -0.15) is 5.26 Å². The Morgan fingerprint density at radius 2 is 2.07 bits per heavy atom. The summed E-state index contributed by atoms with van der Waals surface area (Å²) in [5.74, 6) is 1.52. The normalized spacial score (nSPS) is 19.1. The van der Waals surface area contributed by atoms with Crippen molar-refractivity contribution in [1.29, 1.82) is 5.26 Å². The maximum atomic E-state index is 10.2. The Morgan fingerprint density at radius 1 is 1.25 bits per heavy atom. The van der Waals surface area contributed by atoms with E-state index in [0.717, 1.165) is 32.0 Å². The van der Waals surface area contributed by atoms with Crippen molar-refractivity contribution in [2.24, 2.45) is 0 Å². The number of β-amino-alcohol motifs (C(OH)–C–C–N with tert-alkyl or cyclic N) is 1. The first kappa shape index (κ1) is 19.0. The highest BCUT2D eigenvalue weighted by Gasteiger charge is 2.24. The Labute approximate surface area is 168 Å². The van der Waals surface area contributed by atoms with Crippen molar-refractivity contribution in [1.82, 2.24) is 25.2 Å². The second-order valence-electron chi connectivity index (χ2n) is 7.13. The topological polar surface area (TPSA) is 113 Å². The fourth-order valence-corrected chi connectivity index (χ4v) is 4.01. The zero-order valence-electron chi connectivity index (χ0n) is 15.6. The molecule has 9 nitrogen and oxygen atoms in total. The van der Waals surface area contributed by atoms with Crippen LogP contribution in [0.5, 0.6) is 0 Å². The van der Waals surface area contributed by atoms with E-state index in [1.165, 1.54) is 36.9 Å². The predicted octanol–water partition coefficient (Wildman–Crippen LogP) is 1.13. The fraction of sp³-hybridized carbons (Fsp3) is 0.556. The standard InChI is InChI=1S/C18H24N8OS/c19-9-14-10-20-18(28-14)24-15-8-16(22-12-21-15)26-6-4-25(5-7-26)11-17(27)23-13-2-1-3-13/h8,10,12-13,17,23,27H,1-7,11H2,(H,20,21,22,24). The Hall–Kier alpha value is -2.32. The summed E-state index contributed by atoms with van der Waals surface area (Å²) in [6, 6.07) is 4.47. The van der Waals surface area contributed by atoms with Crippen LogP contribution in [0.4, 0.5) is 16.8 Å². The van der Waals surface area contributed by atoms with Crippen molar-refractivity contribution in [2.75, 3.05) is 42.9 Å². The van der Waals surface area contributed by atoms with Crippen LogP contribution in [0.15, 0.2) is 18.6 Å². The van der Waals surface area contributed by atoms with E-state index in [1.807, 2.05) is 6.07 Å². The molecule has 1 aliphatic carbocycles. The molecule has 3 N–H and O–H groups in total. The van der Waals surface area contributed by atoms with Crippen molar-refractivity contribution in [3.63, 3.8) is 0 Å². The van der Waals surface area contributed by atoms with Crippen LogP contribution in [0.25, 0.3) is 0 Å². The van der Waals surface area contributed by atoms with Gasteiger partial charge in [-0.25, -0.2) is 15.0 Å². The summed E-state index contributed by atoms with van der Waals surface area (Å²) in [5, 5.41) is 26.2. The van der Waals surface area contributed by atoms with E-state index in [1.54, 1.807) is 6.20 Å². The van der Waals surface area contributed by atoms with Gasteiger partial charge in [-0.1, -0.05) is 17.8 Å². The number of anilines is 3. The number of nitrogens with zero attached hydrogens (tertiary/aromatic N) is 6. The lowest BCUT2D eigenvalue weighted by atomic mass is 9.93. The largest absolute Gasteiger partial charge is 0.377 e. The Balaban J connectivity index is 1.28. The molecule has 2 aliphatic rings. The number of thiazole rings is 1. The number of aliphatic hydroxyl groups is 1.